The van der Waals surface area contributed by atoms with Crippen molar-refractivity contribution < 1.29 is 4.79 Å². The molecule has 2 aliphatic rings. The maximum atomic E-state index is 12.9. The number of halogens is 1. The molecule has 4 atom stereocenters. The van der Waals surface area contributed by atoms with E-state index in [1.54, 1.807) is 0 Å². The smallest absolute Gasteiger partial charge is 0.231 e. The third kappa shape index (κ3) is 2.89. The number of carbonyl (C=O) groups is 1. The van der Waals surface area contributed by atoms with Gasteiger partial charge in [0.2, 0.25) is 5.91 Å². The maximum absolute atomic E-state index is 12.9. The van der Waals surface area contributed by atoms with Gasteiger partial charge >= 0.3 is 0 Å². The Balaban J connectivity index is 0.00000176. The van der Waals surface area contributed by atoms with Crippen molar-refractivity contribution in [3.05, 3.63) is 29.8 Å². The molecule has 1 aromatic rings. The van der Waals surface area contributed by atoms with Crippen molar-refractivity contribution in [1.82, 2.24) is 0 Å². The van der Waals surface area contributed by atoms with E-state index in [1.165, 1.54) is 18.4 Å². The lowest BCUT2D eigenvalue weighted by atomic mass is 9.84. The monoisotopic (exact) mass is 322 g/mol. The minimum atomic E-state index is 0. The highest BCUT2D eigenvalue weighted by Gasteiger charge is 2.49. The van der Waals surface area contributed by atoms with E-state index in [0.717, 1.165) is 12.1 Å². The number of benzene rings is 1. The SMILES string of the molecule is CC(C)c1cccc(N(C)C(=O)C2C3CCC(C3)C2N)c1.Cl. The predicted octanol–water partition coefficient (Wildman–Crippen LogP) is 3.57. The van der Waals surface area contributed by atoms with Crippen molar-refractivity contribution in [3.63, 3.8) is 0 Å². The molecule has 0 aliphatic heterocycles. The van der Waals surface area contributed by atoms with E-state index in [9.17, 15) is 4.79 Å². The summed E-state index contributed by atoms with van der Waals surface area (Å²) in [6, 6.07) is 8.36. The van der Waals surface area contributed by atoms with Gasteiger partial charge in [-0.1, -0.05) is 26.0 Å². The second-order valence-corrected chi connectivity index (χ2v) is 7.08. The van der Waals surface area contributed by atoms with Crippen LogP contribution < -0.4 is 10.6 Å². The molecular weight excluding hydrogens is 296 g/mol. The molecule has 3 rings (SSSR count). The largest absolute Gasteiger partial charge is 0.327 e. The molecule has 0 radical (unpaired) electrons. The highest BCUT2D eigenvalue weighted by molar-refractivity contribution is 5.95. The minimum absolute atomic E-state index is 0. The number of amides is 1. The van der Waals surface area contributed by atoms with Crippen molar-refractivity contribution in [2.24, 2.45) is 23.5 Å². The average molecular weight is 323 g/mol. The Morgan fingerprint density at radius 2 is 1.95 bits per heavy atom. The molecule has 0 aromatic heterocycles. The molecular formula is C18H27ClN2O. The lowest BCUT2D eigenvalue weighted by Crippen LogP contribution is -2.46. The molecule has 3 nitrogen and oxygen atoms in total. The molecule has 2 N–H and O–H groups in total. The van der Waals surface area contributed by atoms with E-state index >= 15 is 0 Å². The van der Waals surface area contributed by atoms with Crippen LogP contribution in [0.15, 0.2) is 24.3 Å². The number of nitrogens with two attached hydrogens (primary N) is 1. The van der Waals surface area contributed by atoms with E-state index in [-0.39, 0.29) is 30.3 Å². The van der Waals surface area contributed by atoms with Crippen molar-refractivity contribution >= 4 is 24.0 Å². The average Bonchev–Trinajstić information content (AvgIpc) is 3.07. The van der Waals surface area contributed by atoms with Gasteiger partial charge in [-0.3, -0.25) is 4.79 Å². The normalized spacial score (nSPS) is 29.5. The molecule has 4 unspecified atom stereocenters. The maximum Gasteiger partial charge on any atom is 0.231 e. The summed E-state index contributed by atoms with van der Waals surface area (Å²) in [4.78, 5) is 14.7. The fourth-order valence-electron chi connectivity index (χ4n) is 4.15. The van der Waals surface area contributed by atoms with Gasteiger partial charge in [0.15, 0.2) is 0 Å². The van der Waals surface area contributed by atoms with Crippen LogP contribution in [0.2, 0.25) is 0 Å². The van der Waals surface area contributed by atoms with Gasteiger partial charge in [-0.25, -0.2) is 0 Å². The zero-order chi connectivity index (χ0) is 15.1. The molecule has 0 saturated heterocycles. The van der Waals surface area contributed by atoms with Gasteiger partial charge in [0.1, 0.15) is 0 Å². The van der Waals surface area contributed by atoms with Crippen LogP contribution in [0, 0.1) is 17.8 Å². The predicted molar refractivity (Wildman–Crippen MR) is 93.5 cm³/mol. The van der Waals surface area contributed by atoms with Gasteiger partial charge in [0.05, 0.1) is 5.92 Å². The fraction of sp³-hybridized carbons (Fsp3) is 0.611. The second-order valence-electron chi connectivity index (χ2n) is 7.08. The summed E-state index contributed by atoms with van der Waals surface area (Å²) in [6.45, 7) is 4.35. The molecule has 0 heterocycles. The van der Waals surface area contributed by atoms with Crippen LogP contribution in [0.3, 0.4) is 0 Å². The van der Waals surface area contributed by atoms with E-state index in [0.29, 0.717) is 17.8 Å². The van der Waals surface area contributed by atoms with Gasteiger partial charge in [-0.15, -0.1) is 12.4 Å². The molecule has 2 saturated carbocycles. The van der Waals surface area contributed by atoms with E-state index < -0.39 is 0 Å². The Morgan fingerprint density at radius 3 is 2.55 bits per heavy atom. The van der Waals surface area contributed by atoms with Crippen LogP contribution in [0.1, 0.15) is 44.6 Å². The molecule has 0 spiro atoms. The zero-order valence-electron chi connectivity index (χ0n) is 13.7. The number of nitrogens with zero attached hydrogens (tertiary/aromatic N) is 1. The third-order valence-corrected chi connectivity index (χ3v) is 5.52. The molecule has 22 heavy (non-hydrogen) atoms. The summed E-state index contributed by atoms with van der Waals surface area (Å²) in [7, 11) is 1.89. The molecule has 2 fully saturated rings. The number of hydrogen-bond donors (Lipinski definition) is 1. The van der Waals surface area contributed by atoms with Crippen molar-refractivity contribution in [2.45, 2.75) is 45.1 Å². The van der Waals surface area contributed by atoms with Crippen molar-refractivity contribution in [1.29, 1.82) is 0 Å². The summed E-state index contributed by atoms with van der Waals surface area (Å²) in [6.07, 6.45) is 3.54. The topological polar surface area (TPSA) is 46.3 Å². The third-order valence-electron chi connectivity index (χ3n) is 5.52. The van der Waals surface area contributed by atoms with Gasteiger partial charge in [-0.05, 0) is 54.7 Å². The number of anilines is 1. The van der Waals surface area contributed by atoms with E-state index in [4.69, 9.17) is 5.73 Å². The van der Waals surface area contributed by atoms with Gasteiger partial charge in [0.25, 0.3) is 0 Å². The first-order valence-electron chi connectivity index (χ1n) is 8.12. The quantitative estimate of drug-likeness (QED) is 0.924. The van der Waals surface area contributed by atoms with Crippen LogP contribution in [0.25, 0.3) is 0 Å². The van der Waals surface area contributed by atoms with Crippen LogP contribution in [-0.4, -0.2) is 19.0 Å². The Morgan fingerprint density at radius 1 is 1.27 bits per heavy atom. The first-order chi connectivity index (χ1) is 9.99. The second kappa shape index (κ2) is 6.59. The van der Waals surface area contributed by atoms with Crippen LogP contribution in [0.4, 0.5) is 5.69 Å². The number of rotatable bonds is 3. The summed E-state index contributed by atoms with van der Waals surface area (Å²) in [5.74, 6) is 1.78. The molecule has 1 amide bonds. The first-order valence-corrected chi connectivity index (χ1v) is 8.12. The Kier molecular flexibility index (Phi) is 5.18. The zero-order valence-corrected chi connectivity index (χ0v) is 14.5. The highest BCUT2D eigenvalue weighted by Crippen LogP contribution is 2.48. The van der Waals surface area contributed by atoms with E-state index in [1.807, 2.05) is 24.1 Å². The minimum Gasteiger partial charge on any atom is -0.327 e. The molecule has 2 bridgehead atoms. The van der Waals surface area contributed by atoms with Gasteiger partial charge in [0, 0.05) is 18.8 Å². The van der Waals surface area contributed by atoms with Crippen LogP contribution in [-0.2, 0) is 4.79 Å². The lowest BCUT2D eigenvalue weighted by molar-refractivity contribution is -0.124. The molecule has 122 valence electrons. The Hall–Kier alpha value is -1.06. The van der Waals surface area contributed by atoms with Crippen LogP contribution in [0.5, 0.6) is 0 Å². The van der Waals surface area contributed by atoms with Gasteiger partial charge < -0.3 is 10.6 Å². The Labute approximate surface area is 139 Å². The van der Waals surface area contributed by atoms with Crippen molar-refractivity contribution in [2.75, 3.05) is 11.9 Å². The highest BCUT2D eigenvalue weighted by atomic mass is 35.5. The molecule has 1 aromatic carbocycles. The van der Waals surface area contributed by atoms with E-state index in [2.05, 4.69) is 26.0 Å². The summed E-state index contributed by atoms with van der Waals surface area (Å²) in [5, 5.41) is 0. The number of hydrogen-bond acceptors (Lipinski definition) is 2. The lowest BCUT2D eigenvalue weighted by Gasteiger charge is -2.31. The first kappa shape index (κ1) is 17.3. The standard InChI is InChI=1S/C18H26N2O.ClH/c1-11(2)12-5-4-6-15(10-12)20(3)18(21)16-13-7-8-14(9-13)17(16)19;/h4-6,10-11,13-14,16-17H,7-9,19H2,1-3H3;1H. The Bertz CT molecular complexity index is 544. The molecule has 2 aliphatic carbocycles. The number of carbonyl (C=O) groups excluding carboxylic acids is 1. The molecule has 4 heteroatoms. The van der Waals surface area contributed by atoms with Crippen molar-refractivity contribution in [3.8, 4) is 0 Å². The number of fused-ring (bicyclic) bond motifs is 2. The summed E-state index contributed by atoms with van der Waals surface area (Å²) < 4.78 is 0. The van der Waals surface area contributed by atoms with Gasteiger partial charge in [-0.2, -0.15) is 0 Å². The fourth-order valence-corrected chi connectivity index (χ4v) is 4.15. The summed E-state index contributed by atoms with van der Waals surface area (Å²) >= 11 is 0. The van der Waals surface area contributed by atoms with Crippen LogP contribution >= 0.6 is 12.4 Å². The summed E-state index contributed by atoms with van der Waals surface area (Å²) in [5.41, 5.74) is 8.57.